The Bertz CT molecular complexity index is 1150. The third kappa shape index (κ3) is 4.16. The van der Waals surface area contributed by atoms with Gasteiger partial charge >= 0.3 is 0 Å². The summed E-state index contributed by atoms with van der Waals surface area (Å²) >= 11 is 12.7. The SMILES string of the molecule is Nc1ncnc2c1ncn2Cc1c(OCCC[C@@H](N)c2nc[nH]n2)ccc(Cl)c1Cl. The lowest BCUT2D eigenvalue weighted by Gasteiger charge is -2.15. The number of hydrogen-bond acceptors (Lipinski definition) is 8. The van der Waals surface area contributed by atoms with Crippen LogP contribution in [0.2, 0.25) is 10.0 Å². The fourth-order valence-corrected chi connectivity index (χ4v) is 3.45. The quantitative estimate of drug-likeness (QED) is 0.349. The molecule has 0 aliphatic heterocycles. The minimum atomic E-state index is -0.254. The molecule has 3 aromatic heterocycles. The molecule has 12 heteroatoms. The van der Waals surface area contributed by atoms with E-state index in [1.807, 2.05) is 4.57 Å². The number of fused-ring (bicyclic) bond motifs is 1. The second-order valence-corrected chi connectivity index (χ2v) is 7.38. The second kappa shape index (κ2) is 8.82. The van der Waals surface area contributed by atoms with Crippen LogP contribution in [0.4, 0.5) is 5.82 Å². The van der Waals surface area contributed by atoms with E-state index in [2.05, 4.69) is 30.1 Å². The summed E-state index contributed by atoms with van der Waals surface area (Å²) in [5.74, 6) is 1.52. The molecule has 0 aliphatic carbocycles. The van der Waals surface area contributed by atoms with Gasteiger partial charge in [0.15, 0.2) is 17.3 Å². The standard InChI is InChI=1S/C18H19Cl2N9O/c19-11-3-4-13(30-5-1-2-12(21)17-24-8-27-28-17)10(14(11)20)6-29-9-26-15-16(22)23-7-25-18(15)29/h3-4,7-9,12H,1-2,5-6,21H2,(H2,22,23,25)(H,24,27,28)/t12-/m1/s1. The van der Waals surface area contributed by atoms with Crippen molar-refractivity contribution in [1.29, 1.82) is 0 Å². The number of hydrogen-bond donors (Lipinski definition) is 3. The van der Waals surface area contributed by atoms with Crippen molar-refractivity contribution in [2.24, 2.45) is 5.73 Å². The van der Waals surface area contributed by atoms with Crippen molar-refractivity contribution in [1.82, 2.24) is 34.7 Å². The first kappa shape index (κ1) is 20.3. The van der Waals surface area contributed by atoms with E-state index in [1.54, 1.807) is 18.5 Å². The molecule has 0 fully saturated rings. The van der Waals surface area contributed by atoms with E-state index in [-0.39, 0.29) is 6.04 Å². The number of anilines is 1. The van der Waals surface area contributed by atoms with E-state index in [0.29, 0.717) is 64.6 Å². The molecule has 0 aliphatic rings. The van der Waals surface area contributed by atoms with Crippen molar-refractivity contribution in [2.45, 2.75) is 25.4 Å². The van der Waals surface area contributed by atoms with Gasteiger partial charge in [0.05, 0.1) is 35.6 Å². The van der Waals surface area contributed by atoms with Gasteiger partial charge in [-0.15, -0.1) is 0 Å². The van der Waals surface area contributed by atoms with Crippen LogP contribution in [-0.2, 0) is 6.54 Å². The van der Waals surface area contributed by atoms with Crippen molar-refractivity contribution < 1.29 is 4.74 Å². The van der Waals surface area contributed by atoms with Gasteiger partial charge in [0.1, 0.15) is 23.9 Å². The average Bonchev–Trinajstić information content (AvgIpc) is 3.41. The molecule has 0 bridgehead atoms. The maximum absolute atomic E-state index is 6.49. The highest BCUT2D eigenvalue weighted by atomic mass is 35.5. The zero-order valence-electron chi connectivity index (χ0n) is 15.8. The summed E-state index contributed by atoms with van der Waals surface area (Å²) in [5.41, 5.74) is 13.8. The van der Waals surface area contributed by atoms with Gasteiger partial charge < -0.3 is 20.8 Å². The number of nitrogens with zero attached hydrogens (tertiary/aromatic N) is 6. The van der Waals surface area contributed by atoms with Gasteiger partial charge in [0, 0.05) is 5.56 Å². The molecule has 0 saturated carbocycles. The van der Waals surface area contributed by atoms with Gasteiger partial charge in [-0.25, -0.2) is 19.9 Å². The molecule has 5 N–H and O–H groups in total. The van der Waals surface area contributed by atoms with Crippen LogP contribution in [0.25, 0.3) is 11.2 Å². The van der Waals surface area contributed by atoms with Gasteiger partial charge in [-0.1, -0.05) is 23.2 Å². The maximum Gasteiger partial charge on any atom is 0.166 e. The maximum atomic E-state index is 6.49. The normalized spacial score (nSPS) is 12.4. The number of H-pyrrole nitrogens is 1. The summed E-state index contributed by atoms with van der Waals surface area (Å²) in [5, 5.41) is 7.51. The number of aromatic nitrogens is 7. The van der Waals surface area contributed by atoms with E-state index in [1.165, 1.54) is 12.7 Å². The molecule has 0 unspecified atom stereocenters. The van der Waals surface area contributed by atoms with Gasteiger partial charge in [-0.2, -0.15) is 5.10 Å². The first-order chi connectivity index (χ1) is 14.5. The Hall–Kier alpha value is -2.95. The smallest absolute Gasteiger partial charge is 0.166 e. The lowest BCUT2D eigenvalue weighted by molar-refractivity contribution is 0.297. The van der Waals surface area contributed by atoms with Crippen molar-refractivity contribution in [2.75, 3.05) is 12.3 Å². The first-order valence-corrected chi connectivity index (χ1v) is 9.92. The van der Waals surface area contributed by atoms with Gasteiger partial charge in [0.25, 0.3) is 0 Å². The monoisotopic (exact) mass is 447 g/mol. The molecular formula is C18H19Cl2N9O. The minimum Gasteiger partial charge on any atom is -0.493 e. The fraction of sp³-hybridized carbons (Fsp3) is 0.278. The van der Waals surface area contributed by atoms with E-state index in [4.69, 9.17) is 39.4 Å². The number of rotatable bonds is 8. The van der Waals surface area contributed by atoms with E-state index >= 15 is 0 Å². The Balaban J connectivity index is 1.49. The van der Waals surface area contributed by atoms with Gasteiger partial charge in [-0.3, -0.25) is 5.10 Å². The molecule has 30 heavy (non-hydrogen) atoms. The Labute approximate surface area is 181 Å². The summed E-state index contributed by atoms with van der Waals surface area (Å²) in [6.45, 7) is 0.807. The molecule has 0 radical (unpaired) electrons. The molecule has 3 heterocycles. The highest BCUT2D eigenvalue weighted by Gasteiger charge is 2.16. The topological polar surface area (TPSA) is 146 Å². The van der Waals surface area contributed by atoms with Crippen molar-refractivity contribution in [3.63, 3.8) is 0 Å². The largest absolute Gasteiger partial charge is 0.493 e. The Morgan fingerprint density at radius 2 is 2.03 bits per heavy atom. The van der Waals surface area contributed by atoms with Crippen LogP contribution in [0, 0.1) is 0 Å². The molecule has 4 aromatic rings. The van der Waals surface area contributed by atoms with Crippen molar-refractivity contribution in [3.05, 3.63) is 52.5 Å². The lowest BCUT2D eigenvalue weighted by atomic mass is 10.1. The zero-order chi connectivity index (χ0) is 21.1. The molecule has 1 atom stereocenters. The number of benzene rings is 1. The summed E-state index contributed by atoms with van der Waals surface area (Å²) in [7, 11) is 0. The fourth-order valence-electron chi connectivity index (χ4n) is 3.05. The van der Waals surface area contributed by atoms with E-state index < -0.39 is 0 Å². The zero-order valence-corrected chi connectivity index (χ0v) is 17.3. The number of nitrogens with two attached hydrogens (primary N) is 2. The van der Waals surface area contributed by atoms with Crippen LogP contribution in [-0.4, -0.2) is 41.3 Å². The van der Waals surface area contributed by atoms with Gasteiger partial charge in [0.2, 0.25) is 0 Å². The minimum absolute atomic E-state index is 0.254. The predicted octanol–water partition coefficient (Wildman–Crippen LogP) is 2.74. The summed E-state index contributed by atoms with van der Waals surface area (Å²) in [6, 6.07) is 3.24. The third-order valence-corrected chi connectivity index (χ3v) is 5.44. The van der Waals surface area contributed by atoms with E-state index in [9.17, 15) is 0 Å². The average molecular weight is 448 g/mol. The highest BCUT2D eigenvalue weighted by Crippen LogP contribution is 2.34. The van der Waals surface area contributed by atoms with Crippen LogP contribution >= 0.6 is 23.2 Å². The Morgan fingerprint density at radius 3 is 2.83 bits per heavy atom. The lowest BCUT2D eigenvalue weighted by Crippen LogP contribution is -2.14. The third-order valence-electron chi connectivity index (χ3n) is 4.59. The summed E-state index contributed by atoms with van der Waals surface area (Å²) in [4.78, 5) is 16.6. The molecule has 0 saturated heterocycles. The van der Waals surface area contributed by atoms with Crippen LogP contribution in [0.5, 0.6) is 5.75 Å². The highest BCUT2D eigenvalue weighted by molar-refractivity contribution is 6.42. The number of nitrogens with one attached hydrogen (secondary N) is 1. The molecular weight excluding hydrogens is 429 g/mol. The molecule has 156 valence electrons. The van der Waals surface area contributed by atoms with Crippen LogP contribution in [0.3, 0.4) is 0 Å². The van der Waals surface area contributed by atoms with Crippen LogP contribution in [0.15, 0.2) is 31.1 Å². The number of ether oxygens (including phenoxy) is 1. The molecule has 0 spiro atoms. The molecule has 10 nitrogen and oxygen atoms in total. The van der Waals surface area contributed by atoms with Crippen molar-refractivity contribution in [3.8, 4) is 5.75 Å². The van der Waals surface area contributed by atoms with Crippen LogP contribution in [0.1, 0.15) is 30.3 Å². The summed E-state index contributed by atoms with van der Waals surface area (Å²) in [6.07, 6.45) is 5.92. The Kier molecular flexibility index (Phi) is 5.98. The van der Waals surface area contributed by atoms with E-state index in [0.717, 1.165) is 5.56 Å². The van der Waals surface area contributed by atoms with Crippen molar-refractivity contribution >= 4 is 40.2 Å². The molecule has 0 amide bonds. The molecule has 1 aromatic carbocycles. The number of nitrogen functional groups attached to an aromatic ring is 1. The second-order valence-electron chi connectivity index (χ2n) is 6.60. The predicted molar refractivity (Wildman–Crippen MR) is 113 cm³/mol. The first-order valence-electron chi connectivity index (χ1n) is 9.17. The van der Waals surface area contributed by atoms with Gasteiger partial charge in [-0.05, 0) is 25.0 Å². The number of halogens is 2. The van der Waals surface area contributed by atoms with Crippen LogP contribution < -0.4 is 16.2 Å². The molecule has 4 rings (SSSR count). The summed E-state index contributed by atoms with van der Waals surface area (Å²) < 4.78 is 7.80. The number of aromatic amines is 1. The number of imidazole rings is 1. The Morgan fingerprint density at radius 1 is 1.17 bits per heavy atom.